The maximum atomic E-state index is 13.0. The SMILES string of the molecule is CCOc1cc(C(=O)c2ccc(N(CC)CC)cc2)ccc1N(CC)CC. The summed E-state index contributed by atoms with van der Waals surface area (Å²) in [6, 6.07) is 13.6. The number of ketones is 1. The summed E-state index contributed by atoms with van der Waals surface area (Å²) in [5.74, 6) is 0.792. The molecule has 2 aromatic rings. The molecular formula is C23H32N2O2. The molecule has 4 nitrogen and oxygen atoms in total. The van der Waals surface area contributed by atoms with Gasteiger partial charge in [-0.15, -0.1) is 0 Å². The Labute approximate surface area is 163 Å². The maximum absolute atomic E-state index is 13.0. The van der Waals surface area contributed by atoms with Crippen LogP contribution in [0.5, 0.6) is 5.75 Å². The van der Waals surface area contributed by atoms with Crippen molar-refractivity contribution in [2.45, 2.75) is 34.6 Å². The van der Waals surface area contributed by atoms with Crippen LogP contribution in [0.1, 0.15) is 50.5 Å². The van der Waals surface area contributed by atoms with Crippen LogP contribution in [0.2, 0.25) is 0 Å². The lowest BCUT2D eigenvalue weighted by molar-refractivity contribution is 0.103. The zero-order valence-corrected chi connectivity index (χ0v) is 17.3. The van der Waals surface area contributed by atoms with Crippen LogP contribution < -0.4 is 14.5 Å². The van der Waals surface area contributed by atoms with E-state index in [2.05, 4.69) is 37.5 Å². The van der Waals surface area contributed by atoms with Crippen LogP contribution in [0.25, 0.3) is 0 Å². The molecule has 0 N–H and O–H groups in total. The topological polar surface area (TPSA) is 32.8 Å². The predicted octanol–water partition coefficient (Wildman–Crippen LogP) is 5.01. The van der Waals surface area contributed by atoms with E-state index in [0.29, 0.717) is 17.7 Å². The highest BCUT2D eigenvalue weighted by Crippen LogP contribution is 2.30. The van der Waals surface area contributed by atoms with Gasteiger partial charge in [-0.2, -0.15) is 0 Å². The Kier molecular flexibility index (Phi) is 7.71. The summed E-state index contributed by atoms with van der Waals surface area (Å²) in [7, 11) is 0. The highest BCUT2D eigenvalue weighted by atomic mass is 16.5. The third kappa shape index (κ3) is 4.82. The summed E-state index contributed by atoms with van der Waals surface area (Å²) in [6.07, 6.45) is 0. The van der Waals surface area contributed by atoms with E-state index in [1.165, 1.54) is 0 Å². The van der Waals surface area contributed by atoms with Gasteiger partial charge < -0.3 is 14.5 Å². The number of benzene rings is 2. The molecule has 2 rings (SSSR count). The zero-order valence-electron chi connectivity index (χ0n) is 17.3. The molecule has 0 fully saturated rings. The molecule has 4 heteroatoms. The van der Waals surface area contributed by atoms with Gasteiger partial charge in [-0.25, -0.2) is 0 Å². The molecule has 0 aromatic heterocycles. The highest BCUT2D eigenvalue weighted by Gasteiger charge is 2.15. The number of carbonyl (C=O) groups is 1. The number of hydrogen-bond acceptors (Lipinski definition) is 4. The summed E-state index contributed by atoms with van der Waals surface area (Å²) < 4.78 is 5.83. The molecule has 0 atom stereocenters. The molecule has 146 valence electrons. The largest absolute Gasteiger partial charge is 0.492 e. The van der Waals surface area contributed by atoms with Crippen molar-refractivity contribution in [1.82, 2.24) is 0 Å². The lowest BCUT2D eigenvalue weighted by atomic mass is 10.0. The maximum Gasteiger partial charge on any atom is 0.193 e. The van der Waals surface area contributed by atoms with Crippen LogP contribution in [0.4, 0.5) is 11.4 Å². The van der Waals surface area contributed by atoms with Crippen LogP contribution in [-0.4, -0.2) is 38.6 Å². The minimum absolute atomic E-state index is 0.0214. The fourth-order valence-electron chi connectivity index (χ4n) is 3.33. The summed E-state index contributed by atoms with van der Waals surface area (Å²) in [5.41, 5.74) is 3.53. The van der Waals surface area contributed by atoms with E-state index >= 15 is 0 Å². The lowest BCUT2D eigenvalue weighted by Crippen LogP contribution is -2.22. The Bertz CT molecular complexity index is 733. The van der Waals surface area contributed by atoms with E-state index in [-0.39, 0.29) is 5.78 Å². The number of nitrogens with zero attached hydrogens (tertiary/aromatic N) is 2. The van der Waals surface area contributed by atoms with Crippen LogP contribution in [-0.2, 0) is 0 Å². The van der Waals surface area contributed by atoms with E-state index in [9.17, 15) is 4.79 Å². The number of carbonyl (C=O) groups excluding carboxylic acids is 1. The average Bonchev–Trinajstić information content (AvgIpc) is 2.71. The molecule has 0 heterocycles. The molecule has 0 aliphatic carbocycles. The fraction of sp³-hybridized carbons (Fsp3) is 0.435. The summed E-state index contributed by atoms with van der Waals surface area (Å²) in [6.45, 7) is 14.8. The third-order valence-electron chi connectivity index (χ3n) is 4.88. The molecule has 0 aliphatic rings. The first-order valence-electron chi connectivity index (χ1n) is 10.0. The molecule has 0 radical (unpaired) electrons. The monoisotopic (exact) mass is 368 g/mol. The molecule has 0 amide bonds. The van der Waals surface area contributed by atoms with Gasteiger partial charge in [0.15, 0.2) is 5.78 Å². The highest BCUT2D eigenvalue weighted by molar-refractivity contribution is 6.09. The molecule has 0 unspecified atom stereocenters. The van der Waals surface area contributed by atoms with Crippen molar-refractivity contribution in [2.24, 2.45) is 0 Å². The summed E-state index contributed by atoms with van der Waals surface area (Å²) in [4.78, 5) is 17.5. The van der Waals surface area contributed by atoms with Gasteiger partial charge in [0.25, 0.3) is 0 Å². The molecule has 0 aliphatic heterocycles. The standard InChI is InChI=1S/C23H32N2O2/c1-6-24(7-2)20-14-11-18(12-15-20)23(26)19-13-16-21(25(8-3)9-4)22(17-19)27-10-5/h11-17H,6-10H2,1-5H3. The molecule has 0 bridgehead atoms. The number of rotatable bonds is 10. The molecular weight excluding hydrogens is 336 g/mol. The van der Waals surface area contributed by atoms with Crippen molar-refractivity contribution < 1.29 is 9.53 Å². The Morgan fingerprint density at radius 3 is 1.85 bits per heavy atom. The van der Waals surface area contributed by atoms with E-state index in [1.54, 1.807) is 0 Å². The van der Waals surface area contributed by atoms with E-state index in [0.717, 1.165) is 43.3 Å². The van der Waals surface area contributed by atoms with Gasteiger partial charge in [0, 0.05) is 43.0 Å². The first-order chi connectivity index (χ1) is 13.1. The first-order valence-corrected chi connectivity index (χ1v) is 10.0. The first kappa shape index (κ1) is 20.8. The number of anilines is 2. The van der Waals surface area contributed by atoms with Crippen molar-refractivity contribution in [1.29, 1.82) is 0 Å². The summed E-state index contributed by atoms with van der Waals surface area (Å²) in [5, 5.41) is 0. The Morgan fingerprint density at radius 1 is 0.778 bits per heavy atom. The van der Waals surface area contributed by atoms with Crippen molar-refractivity contribution in [3.05, 3.63) is 53.6 Å². The van der Waals surface area contributed by atoms with Gasteiger partial charge in [-0.1, -0.05) is 0 Å². The van der Waals surface area contributed by atoms with Crippen LogP contribution >= 0.6 is 0 Å². The second-order valence-electron chi connectivity index (χ2n) is 6.34. The zero-order chi connectivity index (χ0) is 19.8. The molecule has 0 spiro atoms. The summed E-state index contributed by atoms with van der Waals surface area (Å²) >= 11 is 0. The third-order valence-corrected chi connectivity index (χ3v) is 4.88. The molecule has 0 saturated heterocycles. The molecule has 0 saturated carbocycles. The smallest absolute Gasteiger partial charge is 0.193 e. The Morgan fingerprint density at radius 2 is 1.33 bits per heavy atom. The lowest BCUT2D eigenvalue weighted by Gasteiger charge is -2.24. The Balaban J connectivity index is 2.31. The van der Waals surface area contributed by atoms with Crippen molar-refractivity contribution >= 4 is 17.2 Å². The normalized spacial score (nSPS) is 10.6. The van der Waals surface area contributed by atoms with Gasteiger partial charge in [0.2, 0.25) is 0 Å². The van der Waals surface area contributed by atoms with Gasteiger partial charge in [-0.05, 0) is 77.1 Å². The molecule has 27 heavy (non-hydrogen) atoms. The number of ether oxygens (including phenoxy) is 1. The van der Waals surface area contributed by atoms with Gasteiger partial charge in [0.1, 0.15) is 5.75 Å². The quantitative estimate of drug-likeness (QED) is 0.552. The number of hydrogen-bond donors (Lipinski definition) is 0. The minimum atomic E-state index is 0.0214. The average molecular weight is 369 g/mol. The van der Waals surface area contributed by atoms with E-state index in [4.69, 9.17) is 4.74 Å². The second-order valence-corrected chi connectivity index (χ2v) is 6.34. The van der Waals surface area contributed by atoms with Crippen LogP contribution in [0, 0.1) is 0 Å². The van der Waals surface area contributed by atoms with Crippen LogP contribution in [0.3, 0.4) is 0 Å². The van der Waals surface area contributed by atoms with Gasteiger partial charge in [0.05, 0.1) is 12.3 Å². The van der Waals surface area contributed by atoms with Gasteiger partial charge >= 0.3 is 0 Å². The second kappa shape index (κ2) is 10.0. The van der Waals surface area contributed by atoms with Crippen molar-refractivity contribution in [3.8, 4) is 5.75 Å². The van der Waals surface area contributed by atoms with E-state index < -0.39 is 0 Å². The predicted molar refractivity (Wildman–Crippen MR) is 115 cm³/mol. The van der Waals surface area contributed by atoms with E-state index in [1.807, 2.05) is 49.4 Å². The van der Waals surface area contributed by atoms with Gasteiger partial charge in [-0.3, -0.25) is 4.79 Å². The Hall–Kier alpha value is -2.49. The minimum Gasteiger partial charge on any atom is -0.492 e. The fourth-order valence-corrected chi connectivity index (χ4v) is 3.33. The van der Waals surface area contributed by atoms with Crippen molar-refractivity contribution in [2.75, 3.05) is 42.6 Å². The van der Waals surface area contributed by atoms with Crippen molar-refractivity contribution in [3.63, 3.8) is 0 Å². The van der Waals surface area contributed by atoms with Crippen LogP contribution in [0.15, 0.2) is 42.5 Å². The molecule has 2 aromatic carbocycles.